The Kier molecular flexibility index (Phi) is 12.0. The Morgan fingerprint density at radius 2 is 1.80 bits per heavy atom. The van der Waals surface area contributed by atoms with Gasteiger partial charge in [-0.2, -0.15) is 0 Å². The molecule has 3 N–H and O–H groups in total. The van der Waals surface area contributed by atoms with E-state index >= 15 is 0 Å². The summed E-state index contributed by atoms with van der Waals surface area (Å²) in [5, 5.41) is 17.0. The van der Waals surface area contributed by atoms with Crippen LogP contribution in [0.1, 0.15) is 53.0 Å². The van der Waals surface area contributed by atoms with E-state index in [9.17, 15) is 14.7 Å². The Morgan fingerprint density at radius 3 is 2.40 bits per heavy atom. The number of aliphatic hydroxyl groups excluding tert-OH is 1. The minimum Gasteiger partial charge on any atom is -0.444 e. The molecule has 8 heteroatoms. The molecule has 2 amide bonds. The first-order valence-corrected chi connectivity index (χ1v) is 12.8. The molecular formula is C27H45N3O5. The molecular weight excluding hydrogens is 446 g/mol. The maximum absolute atomic E-state index is 13.0. The minimum atomic E-state index is -0.908. The molecule has 35 heavy (non-hydrogen) atoms. The third-order valence-electron chi connectivity index (χ3n) is 6.16. The Morgan fingerprint density at radius 1 is 1.14 bits per heavy atom. The molecule has 0 bridgehead atoms. The first-order valence-electron chi connectivity index (χ1n) is 12.8. The van der Waals surface area contributed by atoms with Crippen molar-refractivity contribution in [3.63, 3.8) is 0 Å². The van der Waals surface area contributed by atoms with E-state index in [0.717, 1.165) is 44.8 Å². The van der Waals surface area contributed by atoms with Crippen LogP contribution in [0.2, 0.25) is 0 Å². The van der Waals surface area contributed by atoms with E-state index < -0.39 is 23.8 Å². The van der Waals surface area contributed by atoms with Crippen LogP contribution >= 0.6 is 0 Å². The van der Waals surface area contributed by atoms with Crippen molar-refractivity contribution >= 4 is 12.0 Å². The van der Waals surface area contributed by atoms with Gasteiger partial charge < -0.3 is 25.2 Å². The maximum Gasteiger partial charge on any atom is 0.407 e. The lowest BCUT2D eigenvalue weighted by Crippen LogP contribution is -2.48. The lowest BCUT2D eigenvalue weighted by Gasteiger charge is -2.30. The summed E-state index contributed by atoms with van der Waals surface area (Å²) in [6, 6.07) is 9.10. The van der Waals surface area contributed by atoms with E-state index in [1.807, 2.05) is 44.2 Å². The van der Waals surface area contributed by atoms with E-state index in [1.165, 1.54) is 0 Å². The minimum absolute atomic E-state index is 0.0443. The van der Waals surface area contributed by atoms with Crippen LogP contribution in [0.15, 0.2) is 30.3 Å². The quantitative estimate of drug-likeness (QED) is 0.389. The number of nitrogens with zero attached hydrogens (tertiary/aromatic N) is 1. The largest absolute Gasteiger partial charge is 0.444 e. The number of hydrogen-bond acceptors (Lipinski definition) is 6. The van der Waals surface area contributed by atoms with E-state index in [1.54, 1.807) is 20.8 Å². The van der Waals surface area contributed by atoms with Crippen molar-refractivity contribution in [2.75, 3.05) is 39.4 Å². The molecule has 1 fully saturated rings. The van der Waals surface area contributed by atoms with Crippen LogP contribution in [0.4, 0.5) is 4.79 Å². The van der Waals surface area contributed by atoms with Crippen molar-refractivity contribution in [1.29, 1.82) is 0 Å². The van der Waals surface area contributed by atoms with Crippen LogP contribution in [0, 0.1) is 11.8 Å². The third kappa shape index (κ3) is 11.4. The first kappa shape index (κ1) is 29.1. The molecule has 8 nitrogen and oxygen atoms in total. The maximum atomic E-state index is 13.0. The number of alkyl carbamates (subject to hydrolysis) is 1. The van der Waals surface area contributed by atoms with Gasteiger partial charge in [-0.1, -0.05) is 44.2 Å². The highest BCUT2D eigenvalue weighted by molar-refractivity contribution is 5.78. The molecule has 0 aromatic heterocycles. The van der Waals surface area contributed by atoms with Crippen LogP contribution < -0.4 is 10.6 Å². The van der Waals surface area contributed by atoms with Crippen LogP contribution in [0.5, 0.6) is 0 Å². The number of benzene rings is 1. The van der Waals surface area contributed by atoms with Gasteiger partial charge in [-0.15, -0.1) is 0 Å². The molecule has 1 aliphatic heterocycles. The lowest BCUT2D eigenvalue weighted by atomic mass is 9.86. The number of ether oxygens (including phenoxy) is 2. The van der Waals surface area contributed by atoms with Crippen LogP contribution in [-0.4, -0.2) is 79.1 Å². The standard InChI is InChI=1S/C27H45N3O5/c1-20(2)22(25(32)28-12-9-13-30-14-16-34-17-15-30)19-24(31)23(18-21-10-7-6-8-11-21)29-26(33)35-27(3,4)5/h6-8,10-11,20,22-24,31H,9,12-19H2,1-5H3,(H,28,32)(H,29,33)/t22-,23+,24+/m1/s1. The van der Waals surface area contributed by atoms with Gasteiger partial charge in [0.25, 0.3) is 0 Å². The zero-order valence-corrected chi connectivity index (χ0v) is 22.1. The Balaban J connectivity index is 1.96. The SMILES string of the molecule is CC(C)[C@@H](C[C@H](O)[C@H](Cc1ccccc1)NC(=O)OC(C)(C)C)C(=O)NCCCN1CCOCC1. The molecule has 0 saturated carbocycles. The Hall–Kier alpha value is -2.16. The molecule has 0 spiro atoms. The topological polar surface area (TPSA) is 100 Å². The zero-order chi connectivity index (χ0) is 25.8. The average Bonchev–Trinajstić information content (AvgIpc) is 2.79. The first-order chi connectivity index (χ1) is 16.5. The number of hydrogen-bond donors (Lipinski definition) is 3. The summed E-state index contributed by atoms with van der Waals surface area (Å²) in [4.78, 5) is 27.8. The molecule has 1 aromatic rings. The van der Waals surface area contributed by atoms with Gasteiger partial charge in [-0.05, 0) is 58.1 Å². The van der Waals surface area contributed by atoms with Crippen molar-refractivity contribution in [3.05, 3.63) is 35.9 Å². The van der Waals surface area contributed by atoms with E-state index in [-0.39, 0.29) is 24.2 Å². The summed E-state index contributed by atoms with van der Waals surface area (Å²) < 4.78 is 10.8. The molecule has 0 radical (unpaired) electrons. The smallest absolute Gasteiger partial charge is 0.407 e. The van der Waals surface area contributed by atoms with Crippen LogP contribution in [0.25, 0.3) is 0 Å². The number of amides is 2. The van der Waals surface area contributed by atoms with Gasteiger partial charge in [-0.25, -0.2) is 4.79 Å². The molecule has 0 aliphatic carbocycles. The second-order valence-electron chi connectivity index (χ2n) is 10.7. The van der Waals surface area contributed by atoms with E-state index in [4.69, 9.17) is 9.47 Å². The van der Waals surface area contributed by atoms with Gasteiger partial charge in [-0.3, -0.25) is 9.69 Å². The summed E-state index contributed by atoms with van der Waals surface area (Å²) in [6.45, 7) is 14.3. The highest BCUT2D eigenvalue weighted by Gasteiger charge is 2.31. The molecule has 1 heterocycles. The molecule has 1 aliphatic rings. The lowest BCUT2D eigenvalue weighted by molar-refractivity contribution is -0.127. The van der Waals surface area contributed by atoms with Crippen molar-refractivity contribution in [1.82, 2.24) is 15.5 Å². The number of morpholine rings is 1. The fourth-order valence-corrected chi connectivity index (χ4v) is 4.19. The van der Waals surface area contributed by atoms with Crippen LogP contribution in [-0.2, 0) is 20.7 Å². The molecule has 2 rings (SSSR count). The molecule has 3 atom stereocenters. The van der Waals surface area contributed by atoms with Gasteiger partial charge in [0.1, 0.15) is 5.60 Å². The highest BCUT2D eigenvalue weighted by atomic mass is 16.6. The van der Waals surface area contributed by atoms with Crippen molar-refractivity contribution in [2.45, 2.75) is 71.6 Å². The predicted octanol–water partition coefficient (Wildman–Crippen LogP) is 2.98. The van der Waals surface area contributed by atoms with E-state index in [2.05, 4.69) is 15.5 Å². The van der Waals surface area contributed by atoms with Gasteiger partial charge >= 0.3 is 6.09 Å². The van der Waals surface area contributed by atoms with Crippen molar-refractivity contribution < 1.29 is 24.2 Å². The Bertz CT molecular complexity index is 760. The Labute approximate surface area is 210 Å². The molecule has 198 valence electrons. The zero-order valence-electron chi connectivity index (χ0n) is 22.1. The number of carbonyl (C=O) groups excluding carboxylic acids is 2. The second-order valence-corrected chi connectivity index (χ2v) is 10.7. The summed E-state index contributed by atoms with van der Waals surface area (Å²) in [5.74, 6) is -0.383. The monoisotopic (exact) mass is 491 g/mol. The third-order valence-corrected chi connectivity index (χ3v) is 6.16. The molecule has 1 aromatic carbocycles. The fraction of sp³-hybridized carbons (Fsp3) is 0.704. The van der Waals surface area contributed by atoms with Gasteiger partial charge in [0.2, 0.25) is 5.91 Å². The van der Waals surface area contributed by atoms with E-state index in [0.29, 0.717) is 13.0 Å². The van der Waals surface area contributed by atoms with Crippen molar-refractivity contribution in [3.8, 4) is 0 Å². The summed E-state index contributed by atoms with van der Waals surface area (Å²) >= 11 is 0. The fourth-order valence-electron chi connectivity index (χ4n) is 4.19. The summed E-state index contributed by atoms with van der Waals surface area (Å²) in [7, 11) is 0. The number of aliphatic hydroxyl groups is 1. The normalized spacial score (nSPS) is 17.5. The number of nitrogens with one attached hydrogen (secondary N) is 2. The number of rotatable bonds is 12. The van der Waals surface area contributed by atoms with Crippen LogP contribution in [0.3, 0.4) is 0 Å². The molecule has 1 saturated heterocycles. The van der Waals surface area contributed by atoms with Gasteiger partial charge in [0.05, 0.1) is 25.4 Å². The summed E-state index contributed by atoms with van der Waals surface area (Å²) in [6.07, 6.45) is 0.0732. The number of carbonyl (C=O) groups is 2. The van der Waals surface area contributed by atoms with Gasteiger partial charge in [0, 0.05) is 25.6 Å². The molecule has 0 unspecified atom stereocenters. The predicted molar refractivity (Wildman–Crippen MR) is 137 cm³/mol. The highest BCUT2D eigenvalue weighted by Crippen LogP contribution is 2.21. The van der Waals surface area contributed by atoms with Crippen molar-refractivity contribution in [2.24, 2.45) is 11.8 Å². The average molecular weight is 492 g/mol. The second kappa shape index (κ2) is 14.4. The summed E-state index contributed by atoms with van der Waals surface area (Å²) in [5.41, 5.74) is 0.342. The van der Waals surface area contributed by atoms with Gasteiger partial charge in [0.15, 0.2) is 0 Å².